The van der Waals surface area contributed by atoms with Crippen LogP contribution in [-0.4, -0.2) is 21.2 Å². The van der Waals surface area contributed by atoms with Crippen molar-refractivity contribution in [2.24, 2.45) is 0 Å². The summed E-state index contributed by atoms with van der Waals surface area (Å²) in [5.41, 5.74) is 1.03. The number of fused-ring (bicyclic) bond motifs is 1. The van der Waals surface area contributed by atoms with Crippen molar-refractivity contribution in [3.63, 3.8) is 0 Å². The minimum absolute atomic E-state index is 0.0797. The molecule has 1 aliphatic carbocycles. The molecule has 106 valence electrons. The lowest BCUT2D eigenvalue weighted by molar-refractivity contribution is -0.114. The molecule has 21 heavy (non-hydrogen) atoms. The van der Waals surface area contributed by atoms with Gasteiger partial charge in [0.15, 0.2) is 0 Å². The number of hydrogen-bond acceptors (Lipinski definition) is 3. The molecule has 1 aromatic carbocycles. The second kappa shape index (κ2) is 4.25. The number of imidazole rings is 1. The second-order valence-electron chi connectivity index (χ2n) is 5.38. The molecule has 0 atom stereocenters. The Balaban J connectivity index is 1.74. The van der Waals surface area contributed by atoms with Crippen molar-refractivity contribution in [2.75, 3.05) is 4.90 Å². The van der Waals surface area contributed by atoms with Crippen LogP contribution in [0.5, 0.6) is 0 Å². The molecule has 2 heterocycles. The van der Waals surface area contributed by atoms with E-state index in [4.69, 9.17) is 0 Å². The zero-order valence-corrected chi connectivity index (χ0v) is 11.1. The molecular formula is C15H12FN3O2. The number of amides is 1. The van der Waals surface area contributed by atoms with E-state index in [0.717, 1.165) is 18.5 Å². The lowest BCUT2D eigenvalue weighted by atomic mass is 10.1. The first-order chi connectivity index (χ1) is 10.2. The summed E-state index contributed by atoms with van der Waals surface area (Å²) in [6, 6.07) is 4.60. The number of carbonyl (C=O) groups excluding carboxylic acids is 2. The molecular weight excluding hydrogens is 273 g/mol. The summed E-state index contributed by atoms with van der Waals surface area (Å²) in [6.45, 7) is 0.162. The molecule has 2 aliphatic rings. The van der Waals surface area contributed by atoms with E-state index in [0.29, 0.717) is 6.04 Å². The van der Waals surface area contributed by atoms with Crippen molar-refractivity contribution < 1.29 is 14.0 Å². The van der Waals surface area contributed by atoms with Crippen LogP contribution in [-0.2, 0) is 11.3 Å². The first-order valence-electron chi connectivity index (χ1n) is 6.82. The molecule has 1 amide bonds. The predicted octanol–water partition coefficient (Wildman–Crippen LogP) is 2.09. The number of rotatable bonds is 3. The minimum atomic E-state index is -0.682. The standard InChI is InChI=1S/C15H12FN3O2/c16-12-3-1-2-11-13(12)18(15(21)14(11)20)7-10-6-17-8-19(10)9-4-5-9/h1-3,6,8-9H,4-5,7H2. The number of anilines is 1. The molecule has 0 N–H and O–H groups in total. The Morgan fingerprint density at radius 3 is 2.86 bits per heavy atom. The van der Waals surface area contributed by atoms with Crippen molar-refractivity contribution in [3.8, 4) is 0 Å². The third-order valence-corrected chi connectivity index (χ3v) is 3.95. The first kappa shape index (κ1) is 12.3. The average molecular weight is 285 g/mol. The number of hydrogen-bond donors (Lipinski definition) is 0. The van der Waals surface area contributed by atoms with Crippen LogP contribution >= 0.6 is 0 Å². The fourth-order valence-electron chi connectivity index (χ4n) is 2.76. The Morgan fingerprint density at radius 1 is 1.29 bits per heavy atom. The highest BCUT2D eigenvalue weighted by atomic mass is 19.1. The molecule has 2 aromatic rings. The van der Waals surface area contributed by atoms with Crippen molar-refractivity contribution >= 4 is 17.4 Å². The summed E-state index contributed by atoms with van der Waals surface area (Å²) in [4.78, 5) is 29.4. The zero-order chi connectivity index (χ0) is 14.6. The van der Waals surface area contributed by atoms with Crippen LogP contribution < -0.4 is 4.90 Å². The highest BCUT2D eigenvalue weighted by Crippen LogP contribution is 2.37. The van der Waals surface area contributed by atoms with Crippen LogP contribution in [0, 0.1) is 5.82 Å². The van der Waals surface area contributed by atoms with E-state index >= 15 is 0 Å². The maximum Gasteiger partial charge on any atom is 0.299 e. The number of para-hydroxylation sites is 1. The van der Waals surface area contributed by atoms with Gasteiger partial charge in [-0.1, -0.05) is 6.07 Å². The van der Waals surface area contributed by atoms with Crippen LogP contribution in [0.3, 0.4) is 0 Å². The number of Topliss-reactive ketones (excluding diaryl/α,β-unsaturated/α-hetero) is 1. The SMILES string of the molecule is O=C1C(=O)N(Cc2cncn2C2CC2)c2c(F)cccc21. The zero-order valence-electron chi connectivity index (χ0n) is 11.1. The third-order valence-electron chi connectivity index (χ3n) is 3.95. The first-order valence-corrected chi connectivity index (χ1v) is 6.82. The molecule has 0 bridgehead atoms. The number of benzene rings is 1. The van der Waals surface area contributed by atoms with E-state index in [1.165, 1.54) is 23.1 Å². The third kappa shape index (κ3) is 1.79. The normalized spacial score (nSPS) is 17.5. The van der Waals surface area contributed by atoms with Crippen molar-refractivity contribution in [3.05, 3.63) is 47.8 Å². The van der Waals surface area contributed by atoms with Gasteiger partial charge in [-0.2, -0.15) is 0 Å². The van der Waals surface area contributed by atoms with Gasteiger partial charge < -0.3 is 4.57 Å². The Labute approximate surface area is 120 Å². The molecule has 0 spiro atoms. The Bertz CT molecular complexity index is 764. The van der Waals surface area contributed by atoms with Gasteiger partial charge in [-0.3, -0.25) is 14.5 Å². The Kier molecular flexibility index (Phi) is 2.48. The van der Waals surface area contributed by atoms with Crippen molar-refractivity contribution in [1.29, 1.82) is 0 Å². The molecule has 1 aliphatic heterocycles. The van der Waals surface area contributed by atoms with E-state index in [2.05, 4.69) is 4.98 Å². The van der Waals surface area contributed by atoms with Crippen LogP contribution in [0.4, 0.5) is 10.1 Å². The van der Waals surface area contributed by atoms with Gasteiger partial charge in [0, 0.05) is 12.2 Å². The summed E-state index contributed by atoms with van der Waals surface area (Å²) in [6.07, 6.45) is 5.55. The van der Waals surface area contributed by atoms with Gasteiger partial charge in [0.25, 0.3) is 11.7 Å². The molecule has 4 rings (SSSR count). The maximum atomic E-state index is 14.0. The fraction of sp³-hybridized carbons (Fsp3) is 0.267. The van der Waals surface area contributed by atoms with Crippen LogP contribution in [0.1, 0.15) is 34.9 Å². The minimum Gasteiger partial charge on any atom is -0.330 e. The topological polar surface area (TPSA) is 55.2 Å². The maximum absolute atomic E-state index is 14.0. The second-order valence-corrected chi connectivity index (χ2v) is 5.38. The highest BCUT2D eigenvalue weighted by molar-refractivity contribution is 6.52. The van der Waals surface area contributed by atoms with Crippen molar-refractivity contribution in [1.82, 2.24) is 9.55 Å². The fourth-order valence-corrected chi connectivity index (χ4v) is 2.76. The van der Waals surface area contributed by atoms with E-state index < -0.39 is 17.5 Å². The van der Waals surface area contributed by atoms with E-state index in [1.54, 1.807) is 12.5 Å². The number of aromatic nitrogens is 2. The van der Waals surface area contributed by atoms with Gasteiger partial charge in [0.2, 0.25) is 0 Å². The van der Waals surface area contributed by atoms with Gasteiger partial charge in [-0.15, -0.1) is 0 Å². The molecule has 1 aromatic heterocycles. The average Bonchev–Trinajstić information content (AvgIpc) is 3.17. The Morgan fingerprint density at radius 2 is 2.10 bits per heavy atom. The number of ketones is 1. The molecule has 6 heteroatoms. The molecule has 1 saturated carbocycles. The van der Waals surface area contributed by atoms with Crippen LogP contribution in [0.2, 0.25) is 0 Å². The largest absolute Gasteiger partial charge is 0.330 e. The summed E-state index contributed by atoms with van der Waals surface area (Å²) >= 11 is 0. The lowest BCUT2D eigenvalue weighted by Crippen LogP contribution is -2.30. The van der Waals surface area contributed by atoms with E-state index in [1.807, 2.05) is 4.57 Å². The van der Waals surface area contributed by atoms with E-state index in [-0.39, 0.29) is 17.8 Å². The number of halogens is 1. The molecule has 1 fully saturated rings. The van der Waals surface area contributed by atoms with Gasteiger partial charge >= 0.3 is 0 Å². The predicted molar refractivity (Wildman–Crippen MR) is 72.4 cm³/mol. The number of nitrogens with zero attached hydrogens (tertiary/aromatic N) is 3. The highest BCUT2D eigenvalue weighted by Gasteiger charge is 2.38. The quantitative estimate of drug-likeness (QED) is 0.811. The molecule has 0 radical (unpaired) electrons. The van der Waals surface area contributed by atoms with Crippen LogP contribution in [0.15, 0.2) is 30.7 Å². The summed E-state index contributed by atoms with van der Waals surface area (Å²) in [5.74, 6) is -1.88. The smallest absolute Gasteiger partial charge is 0.299 e. The van der Waals surface area contributed by atoms with Crippen molar-refractivity contribution in [2.45, 2.75) is 25.4 Å². The van der Waals surface area contributed by atoms with Gasteiger partial charge in [0.05, 0.1) is 29.8 Å². The Hall–Kier alpha value is -2.50. The molecule has 0 saturated heterocycles. The van der Waals surface area contributed by atoms with Gasteiger partial charge in [-0.05, 0) is 25.0 Å². The lowest BCUT2D eigenvalue weighted by Gasteiger charge is -2.18. The summed E-state index contributed by atoms with van der Waals surface area (Å²) in [5, 5.41) is 0. The monoisotopic (exact) mass is 285 g/mol. The van der Waals surface area contributed by atoms with E-state index in [9.17, 15) is 14.0 Å². The van der Waals surface area contributed by atoms with Gasteiger partial charge in [0.1, 0.15) is 5.82 Å². The summed E-state index contributed by atoms with van der Waals surface area (Å²) < 4.78 is 16.0. The van der Waals surface area contributed by atoms with Crippen LogP contribution in [0.25, 0.3) is 0 Å². The molecule has 5 nitrogen and oxygen atoms in total. The molecule has 0 unspecified atom stereocenters. The van der Waals surface area contributed by atoms with Gasteiger partial charge in [-0.25, -0.2) is 9.37 Å². The summed E-state index contributed by atoms with van der Waals surface area (Å²) in [7, 11) is 0. The number of carbonyl (C=O) groups is 2.